The first kappa shape index (κ1) is 16.1. The number of hydrogen-bond acceptors (Lipinski definition) is 6. The molecule has 0 radical (unpaired) electrons. The molecule has 0 amide bonds. The largest absolute Gasteiger partial charge is 0.359 e. The van der Waals surface area contributed by atoms with Gasteiger partial charge in [-0.15, -0.1) is 0 Å². The Morgan fingerprint density at radius 1 is 1.17 bits per heavy atom. The van der Waals surface area contributed by atoms with Gasteiger partial charge in [-0.3, -0.25) is 4.98 Å². The van der Waals surface area contributed by atoms with Gasteiger partial charge in [-0.2, -0.15) is 0 Å². The van der Waals surface area contributed by atoms with E-state index in [0.717, 1.165) is 40.5 Å². The van der Waals surface area contributed by atoms with Gasteiger partial charge in [0.05, 0.1) is 17.4 Å². The third kappa shape index (κ3) is 3.42. The van der Waals surface area contributed by atoms with Crippen molar-refractivity contribution < 1.29 is 4.52 Å². The molecule has 0 spiro atoms. The molecular formula is C18H21N5O. The topological polar surface area (TPSA) is 76.7 Å². The molecule has 1 N–H and O–H groups in total. The normalized spacial score (nSPS) is 12.2. The van der Waals surface area contributed by atoms with Crippen LogP contribution in [0.15, 0.2) is 35.0 Å². The molecule has 124 valence electrons. The number of aromatic nitrogens is 4. The summed E-state index contributed by atoms with van der Waals surface area (Å²) in [6, 6.07) is 7.80. The van der Waals surface area contributed by atoms with Crippen LogP contribution in [0.2, 0.25) is 0 Å². The highest BCUT2D eigenvalue weighted by molar-refractivity contribution is 5.62. The Morgan fingerprint density at radius 3 is 2.71 bits per heavy atom. The highest BCUT2D eigenvalue weighted by Crippen LogP contribution is 2.23. The molecule has 0 bridgehead atoms. The van der Waals surface area contributed by atoms with Gasteiger partial charge in [0.1, 0.15) is 0 Å². The minimum absolute atomic E-state index is 0.0645. The van der Waals surface area contributed by atoms with Crippen LogP contribution < -0.4 is 5.32 Å². The van der Waals surface area contributed by atoms with Gasteiger partial charge < -0.3 is 9.84 Å². The van der Waals surface area contributed by atoms with E-state index in [1.165, 1.54) is 0 Å². The minimum atomic E-state index is -0.0645. The Labute approximate surface area is 141 Å². The van der Waals surface area contributed by atoms with Crippen molar-refractivity contribution in [3.05, 3.63) is 53.3 Å². The molecule has 6 heteroatoms. The Hall–Kier alpha value is -2.76. The van der Waals surface area contributed by atoms with Crippen molar-refractivity contribution in [3.8, 4) is 11.3 Å². The van der Waals surface area contributed by atoms with Gasteiger partial charge in [-0.25, -0.2) is 9.97 Å². The highest BCUT2D eigenvalue weighted by Gasteiger charge is 2.14. The molecule has 3 rings (SSSR count). The Balaban J connectivity index is 1.82. The first-order chi connectivity index (χ1) is 11.6. The van der Waals surface area contributed by atoms with Crippen LogP contribution in [0, 0.1) is 13.8 Å². The molecule has 0 unspecified atom stereocenters. The average molecular weight is 323 g/mol. The second-order valence-corrected chi connectivity index (χ2v) is 5.79. The first-order valence-electron chi connectivity index (χ1n) is 8.06. The van der Waals surface area contributed by atoms with Gasteiger partial charge in [0.15, 0.2) is 5.76 Å². The van der Waals surface area contributed by atoms with Crippen LogP contribution >= 0.6 is 0 Å². The predicted molar refractivity (Wildman–Crippen MR) is 92.7 cm³/mol. The lowest BCUT2D eigenvalue weighted by Crippen LogP contribution is -2.09. The van der Waals surface area contributed by atoms with Gasteiger partial charge in [0.2, 0.25) is 5.95 Å². The molecule has 6 nitrogen and oxygen atoms in total. The lowest BCUT2D eigenvalue weighted by molar-refractivity contribution is 0.368. The fourth-order valence-electron chi connectivity index (χ4n) is 2.50. The van der Waals surface area contributed by atoms with Crippen molar-refractivity contribution in [2.45, 2.75) is 40.2 Å². The van der Waals surface area contributed by atoms with Gasteiger partial charge in [-0.05, 0) is 45.4 Å². The van der Waals surface area contributed by atoms with Crippen molar-refractivity contribution in [1.29, 1.82) is 0 Å². The zero-order valence-corrected chi connectivity index (χ0v) is 14.4. The first-order valence-corrected chi connectivity index (χ1v) is 8.06. The third-order valence-electron chi connectivity index (χ3n) is 3.87. The molecule has 0 saturated heterocycles. The number of nitrogens with one attached hydrogen (secondary N) is 1. The number of nitrogens with zero attached hydrogens (tertiary/aromatic N) is 4. The van der Waals surface area contributed by atoms with Gasteiger partial charge in [-0.1, -0.05) is 12.1 Å². The van der Waals surface area contributed by atoms with Crippen LogP contribution in [-0.2, 0) is 6.42 Å². The lowest BCUT2D eigenvalue weighted by atomic mass is 10.1. The standard InChI is InChI=1S/C18H21N5O/c1-5-14-10-17(24-23-14)13(4)21-18-19-9-8-16(22-18)15-7-6-11(2)20-12(15)3/h6-10,13H,5H2,1-4H3,(H,19,21,22)/t13-/m0/s1. The number of pyridine rings is 1. The molecule has 0 aliphatic rings. The summed E-state index contributed by atoms with van der Waals surface area (Å²) in [6.07, 6.45) is 2.59. The van der Waals surface area contributed by atoms with E-state index in [-0.39, 0.29) is 6.04 Å². The summed E-state index contributed by atoms with van der Waals surface area (Å²) < 4.78 is 5.36. The van der Waals surface area contributed by atoms with E-state index in [2.05, 4.69) is 25.4 Å². The molecule has 3 aromatic heterocycles. The summed E-state index contributed by atoms with van der Waals surface area (Å²) in [5.41, 5.74) is 4.74. The number of aryl methyl sites for hydroxylation is 3. The summed E-state index contributed by atoms with van der Waals surface area (Å²) >= 11 is 0. The smallest absolute Gasteiger partial charge is 0.223 e. The Bertz CT molecular complexity index is 843. The van der Waals surface area contributed by atoms with Crippen molar-refractivity contribution in [3.63, 3.8) is 0 Å². The quantitative estimate of drug-likeness (QED) is 0.768. The predicted octanol–water partition coefficient (Wildman–Crippen LogP) is 3.88. The monoisotopic (exact) mass is 323 g/mol. The van der Waals surface area contributed by atoms with E-state index in [0.29, 0.717) is 5.95 Å². The van der Waals surface area contributed by atoms with E-state index in [9.17, 15) is 0 Å². The second-order valence-electron chi connectivity index (χ2n) is 5.79. The van der Waals surface area contributed by atoms with Crippen LogP contribution in [0.1, 0.15) is 42.7 Å². The Kier molecular flexibility index (Phi) is 4.55. The van der Waals surface area contributed by atoms with Crippen LogP contribution in [-0.4, -0.2) is 20.1 Å². The molecule has 0 aliphatic carbocycles. The molecule has 0 aliphatic heterocycles. The molecule has 24 heavy (non-hydrogen) atoms. The second kappa shape index (κ2) is 6.78. The zero-order valence-electron chi connectivity index (χ0n) is 14.4. The average Bonchev–Trinajstić information content (AvgIpc) is 3.04. The van der Waals surface area contributed by atoms with E-state index in [1.54, 1.807) is 6.20 Å². The van der Waals surface area contributed by atoms with E-state index in [1.807, 2.05) is 52.0 Å². The maximum absolute atomic E-state index is 5.36. The fraction of sp³-hybridized carbons (Fsp3) is 0.333. The summed E-state index contributed by atoms with van der Waals surface area (Å²) in [4.78, 5) is 13.4. The van der Waals surface area contributed by atoms with E-state index in [4.69, 9.17) is 4.52 Å². The Morgan fingerprint density at radius 2 is 2.00 bits per heavy atom. The SMILES string of the molecule is CCc1cc([C@H](C)Nc2nccc(-c3ccc(C)nc3C)n2)on1. The number of anilines is 1. The number of hydrogen-bond donors (Lipinski definition) is 1. The maximum Gasteiger partial charge on any atom is 0.223 e. The molecule has 0 saturated carbocycles. The van der Waals surface area contributed by atoms with Crippen LogP contribution in [0.25, 0.3) is 11.3 Å². The maximum atomic E-state index is 5.36. The highest BCUT2D eigenvalue weighted by atomic mass is 16.5. The molecule has 3 aromatic rings. The van der Waals surface area contributed by atoms with Crippen molar-refractivity contribution in [1.82, 2.24) is 20.1 Å². The zero-order chi connectivity index (χ0) is 17.1. The summed E-state index contributed by atoms with van der Waals surface area (Å²) in [5, 5.41) is 7.28. The summed E-state index contributed by atoms with van der Waals surface area (Å²) in [5.74, 6) is 1.32. The van der Waals surface area contributed by atoms with Crippen LogP contribution in [0.5, 0.6) is 0 Å². The van der Waals surface area contributed by atoms with E-state index >= 15 is 0 Å². The molecular weight excluding hydrogens is 302 g/mol. The summed E-state index contributed by atoms with van der Waals surface area (Å²) in [6.45, 7) is 8.01. The van der Waals surface area contributed by atoms with Gasteiger partial charge in [0.25, 0.3) is 0 Å². The summed E-state index contributed by atoms with van der Waals surface area (Å²) in [7, 11) is 0. The van der Waals surface area contributed by atoms with Crippen LogP contribution in [0.3, 0.4) is 0 Å². The van der Waals surface area contributed by atoms with Gasteiger partial charge >= 0.3 is 0 Å². The van der Waals surface area contributed by atoms with Crippen molar-refractivity contribution in [2.75, 3.05) is 5.32 Å². The minimum Gasteiger partial charge on any atom is -0.359 e. The van der Waals surface area contributed by atoms with Crippen molar-refractivity contribution in [2.24, 2.45) is 0 Å². The van der Waals surface area contributed by atoms with E-state index < -0.39 is 0 Å². The number of rotatable bonds is 5. The van der Waals surface area contributed by atoms with Crippen molar-refractivity contribution >= 4 is 5.95 Å². The van der Waals surface area contributed by atoms with Crippen LogP contribution in [0.4, 0.5) is 5.95 Å². The molecule has 1 atom stereocenters. The fourth-order valence-corrected chi connectivity index (χ4v) is 2.50. The third-order valence-corrected chi connectivity index (χ3v) is 3.87. The van der Waals surface area contributed by atoms with Gasteiger partial charge in [0, 0.05) is 29.2 Å². The molecule has 3 heterocycles. The molecule has 0 fully saturated rings. The molecule has 0 aromatic carbocycles. The lowest BCUT2D eigenvalue weighted by Gasteiger charge is -2.12.